The normalized spacial score (nSPS) is 15.7. The summed E-state index contributed by atoms with van der Waals surface area (Å²) in [6.07, 6.45) is 2.89. The predicted octanol–water partition coefficient (Wildman–Crippen LogP) is 2.13. The Labute approximate surface area is 122 Å². The Morgan fingerprint density at radius 1 is 1.19 bits per heavy atom. The van der Waals surface area contributed by atoms with E-state index in [-0.39, 0.29) is 6.79 Å². The van der Waals surface area contributed by atoms with Crippen molar-refractivity contribution in [2.75, 3.05) is 20.4 Å². The Hall–Kier alpha value is -2.27. The highest BCUT2D eigenvalue weighted by molar-refractivity contribution is 5.74. The van der Waals surface area contributed by atoms with Gasteiger partial charge in [-0.15, -0.1) is 0 Å². The van der Waals surface area contributed by atoms with Crippen LogP contribution in [0, 0.1) is 0 Å². The van der Waals surface area contributed by atoms with Gasteiger partial charge in [-0.25, -0.2) is 0 Å². The molecule has 21 heavy (non-hydrogen) atoms. The number of pyridine rings is 1. The van der Waals surface area contributed by atoms with Gasteiger partial charge in [-0.2, -0.15) is 0 Å². The zero-order valence-electron chi connectivity index (χ0n) is 11.8. The largest absolute Gasteiger partial charge is 0.496 e. The standard InChI is InChI=1S/C16H16N2O3/c1-19-14-6-16-15(20-9-21-16)5-12(14)10-4-11-7-17-3-2-13(11)18-8-10/h4-6,8,17H,2-3,7,9H2,1H3. The molecule has 5 nitrogen and oxygen atoms in total. The third-order valence-electron chi connectivity index (χ3n) is 3.92. The van der Waals surface area contributed by atoms with Gasteiger partial charge in [-0.1, -0.05) is 0 Å². The molecule has 0 atom stereocenters. The van der Waals surface area contributed by atoms with Crippen molar-refractivity contribution < 1.29 is 14.2 Å². The minimum atomic E-state index is 0.258. The molecule has 1 aromatic carbocycles. The summed E-state index contributed by atoms with van der Waals surface area (Å²) in [5.41, 5.74) is 4.44. The maximum Gasteiger partial charge on any atom is 0.231 e. The summed E-state index contributed by atoms with van der Waals surface area (Å²) in [5, 5.41) is 3.37. The molecule has 0 radical (unpaired) electrons. The summed E-state index contributed by atoms with van der Waals surface area (Å²) in [7, 11) is 1.66. The first-order valence-corrected chi connectivity index (χ1v) is 7.01. The summed E-state index contributed by atoms with van der Waals surface area (Å²) in [5.74, 6) is 2.25. The minimum absolute atomic E-state index is 0.258. The molecule has 2 aliphatic rings. The van der Waals surface area contributed by atoms with Gasteiger partial charge in [0.05, 0.1) is 7.11 Å². The average Bonchev–Trinajstić information content (AvgIpc) is 3.00. The summed E-state index contributed by atoms with van der Waals surface area (Å²) in [4.78, 5) is 4.60. The van der Waals surface area contributed by atoms with Crippen molar-refractivity contribution >= 4 is 0 Å². The smallest absolute Gasteiger partial charge is 0.231 e. The number of nitrogens with zero attached hydrogens (tertiary/aromatic N) is 1. The van der Waals surface area contributed by atoms with Crippen molar-refractivity contribution in [1.82, 2.24) is 10.3 Å². The lowest BCUT2D eigenvalue weighted by molar-refractivity contribution is 0.174. The fraction of sp³-hybridized carbons (Fsp3) is 0.312. The van der Waals surface area contributed by atoms with Gasteiger partial charge in [0.2, 0.25) is 6.79 Å². The maximum absolute atomic E-state index is 5.49. The molecule has 1 N–H and O–H groups in total. The van der Waals surface area contributed by atoms with E-state index in [1.807, 2.05) is 18.3 Å². The Morgan fingerprint density at radius 3 is 2.90 bits per heavy atom. The number of hydrogen-bond donors (Lipinski definition) is 1. The van der Waals surface area contributed by atoms with Crippen LogP contribution in [0.2, 0.25) is 0 Å². The van der Waals surface area contributed by atoms with Crippen LogP contribution < -0.4 is 19.5 Å². The van der Waals surface area contributed by atoms with Gasteiger partial charge in [-0.3, -0.25) is 4.98 Å². The van der Waals surface area contributed by atoms with Crippen molar-refractivity contribution in [2.24, 2.45) is 0 Å². The molecule has 3 heterocycles. The highest BCUT2D eigenvalue weighted by atomic mass is 16.7. The van der Waals surface area contributed by atoms with E-state index in [2.05, 4.69) is 16.4 Å². The van der Waals surface area contributed by atoms with Gasteiger partial charge in [-0.05, 0) is 17.7 Å². The zero-order chi connectivity index (χ0) is 14.2. The molecule has 0 spiro atoms. The number of ether oxygens (including phenoxy) is 3. The zero-order valence-corrected chi connectivity index (χ0v) is 11.8. The monoisotopic (exact) mass is 284 g/mol. The number of fused-ring (bicyclic) bond motifs is 2. The predicted molar refractivity (Wildman–Crippen MR) is 77.8 cm³/mol. The number of methoxy groups -OCH3 is 1. The van der Waals surface area contributed by atoms with Crippen LogP contribution in [0.4, 0.5) is 0 Å². The lowest BCUT2D eigenvalue weighted by Crippen LogP contribution is -2.24. The highest BCUT2D eigenvalue weighted by Gasteiger charge is 2.20. The fourth-order valence-corrected chi connectivity index (χ4v) is 2.81. The van der Waals surface area contributed by atoms with Crippen molar-refractivity contribution in [1.29, 1.82) is 0 Å². The van der Waals surface area contributed by atoms with Crippen LogP contribution in [-0.4, -0.2) is 25.4 Å². The summed E-state index contributed by atoms with van der Waals surface area (Å²) in [6, 6.07) is 6.00. The molecule has 0 fully saturated rings. The van der Waals surface area contributed by atoms with Crippen LogP contribution in [0.5, 0.6) is 17.2 Å². The van der Waals surface area contributed by atoms with Gasteiger partial charge < -0.3 is 19.5 Å². The number of rotatable bonds is 2. The first-order valence-electron chi connectivity index (χ1n) is 7.01. The van der Waals surface area contributed by atoms with Crippen LogP contribution >= 0.6 is 0 Å². The quantitative estimate of drug-likeness (QED) is 0.915. The Balaban J connectivity index is 1.82. The molecular formula is C16H16N2O3. The molecule has 0 amide bonds. The molecule has 1 aromatic heterocycles. The van der Waals surface area contributed by atoms with Gasteiger partial charge in [0.1, 0.15) is 5.75 Å². The molecule has 0 aliphatic carbocycles. The lowest BCUT2D eigenvalue weighted by atomic mass is 10.00. The summed E-state index contributed by atoms with van der Waals surface area (Å²) >= 11 is 0. The van der Waals surface area contributed by atoms with Gasteiger partial charge >= 0.3 is 0 Å². The van der Waals surface area contributed by atoms with E-state index >= 15 is 0 Å². The van der Waals surface area contributed by atoms with E-state index in [9.17, 15) is 0 Å². The average molecular weight is 284 g/mol. The molecule has 2 aromatic rings. The van der Waals surface area contributed by atoms with E-state index in [4.69, 9.17) is 14.2 Å². The molecular weight excluding hydrogens is 268 g/mol. The second-order valence-corrected chi connectivity index (χ2v) is 5.16. The molecule has 0 saturated carbocycles. The Morgan fingerprint density at radius 2 is 2.05 bits per heavy atom. The minimum Gasteiger partial charge on any atom is -0.496 e. The van der Waals surface area contributed by atoms with E-state index < -0.39 is 0 Å². The maximum atomic E-state index is 5.49. The van der Waals surface area contributed by atoms with Gasteiger partial charge in [0.15, 0.2) is 11.5 Å². The third-order valence-corrected chi connectivity index (χ3v) is 3.92. The first-order chi connectivity index (χ1) is 10.3. The lowest BCUT2D eigenvalue weighted by Gasteiger charge is -2.17. The number of benzene rings is 1. The molecule has 0 unspecified atom stereocenters. The first kappa shape index (κ1) is 12.5. The van der Waals surface area contributed by atoms with Crippen molar-refractivity contribution in [3.05, 3.63) is 35.7 Å². The van der Waals surface area contributed by atoms with Gasteiger partial charge in [0, 0.05) is 48.6 Å². The molecule has 5 heteroatoms. The van der Waals surface area contributed by atoms with E-state index in [1.54, 1.807) is 7.11 Å². The van der Waals surface area contributed by atoms with Crippen molar-refractivity contribution in [3.8, 4) is 28.4 Å². The van der Waals surface area contributed by atoms with Crippen LogP contribution in [0.25, 0.3) is 11.1 Å². The third kappa shape index (κ3) is 2.10. The Bertz CT molecular complexity index is 700. The highest BCUT2D eigenvalue weighted by Crippen LogP contribution is 2.42. The second-order valence-electron chi connectivity index (χ2n) is 5.16. The molecule has 2 aliphatic heterocycles. The topological polar surface area (TPSA) is 52.6 Å². The van der Waals surface area contributed by atoms with Gasteiger partial charge in [0.25, 0.3) is 0 Å². The molecule has 0 saturated heterocycles. The van der Waals surface area contributed by atoms with Crippen molar-refractivity contribution in [3.63, 3.8) is 0 Å². The summed E-state index contributed by atoms with van der Waals surface area (Å²) < 4.78 is 16.3. The number of aromatic nitrogens is 1. The number of nitrogens with one attached hydrogen (secondary N) is 1. The van der Waals surface area contributed by atoms with Crippen molar-refractivity contribution in [2.45, 2.75) is 13.0 Å². The van der Waals surface area contributed by atoms with E-state index in [0.717, 1.165) is 47.9 Å². The number of hydrogen-bond acceptors (Lipinski definition) is 5. The summed E-state index contributed by atoms with van der Waals surface area (Å²) in [6.45, 7) is 2.12. The SMILES string of the molecule is COc1cc2c(cc1-c1cnc3c(c1)CNCC3)OCO2. The molecule has 0 bridgehead atoms. The molecule has 4 rings (SSSR count). The van der Waals surface area contributed by atoms with Crippen LogP contribution in [-0.2, 0) is 13.0 Å². The van der Waals surface area contributed by atoms with E-state index in [1.165, 1.54) is 11.3 Å². The van der Waals surface area contributed by atoms with Crippen LogP contribution in [0.1, 0.15) is 11.3 Å². The van der Waals surface area contributed by atoms with E-state index in [0.29, 0.717) is 0 Å². The van der Waals surface area contributed by atoms with Crippen LogP contribution in [0.15, 0.2) is 24.4 Å². The second kappa shape index (κ2) is 4.93. The molecule has 108 valence electrons. The Kier molecular flexibility index (Phi) is 2.93. The van der Waals surface area contributed by atoms with Crippen LogP contribution in [0.3, 0.4) is 0 Å². The fourth-order valence-electron chi connectivity index (χ4n) is 2.81.